The summed E-state index contributed by atoms with van der Waals surface area (Å²) in [5, 5.41) is 12.7. The number of amides is 1. The first-order valence-electron chi connectivity index (χ1n) is 10.6. The molecule has 0 unspecified atom stereocenters. The number of aryl methyl sites for hydroxylation is 1. The highest BCUT2D eigenvalue weighted by Gasteiger charge is 2.41. The van der Waals surface area contributed by atoms with E-state index in [0.29, 0.717) is 17.0 Å². The van der Waals surface area contributed by atoms with Gasteiger partial charge in [0, 0.05) is 6.07 Å². The van der Waals surface area contributed by atoms with Crippen LogP contribution in [0, 0.1) is 18.3 Å². The Morgan fingerprint density at radius 2 is 1.97 bits per heavy atom. The van der Waals surface area contributed by atoms with Gasteiger partial charge in [0.25, 0.3) is 0 Å². The van der Waals surface area contributed by atoms with Crippen LogP contribution in [-0.2, 0) is 10.2 Å². The molecule has 1 aliphatic carbocycles. The van der Waals surface area contributed by atoms with Gasteiger partial charge in [0.1, 0.15) is 11.8 Å². The molecule has 152 valence electrons. The number of carbonyl (C=O) groups is 1. The second kappa shape index (κ2) is 9.13. The molecule has 2 aromatic carbocycles. The number of anilines is 1. The molecule has 29 heavy (non-hydrogen) atoms. The Hall–Kier alpha value is -2.80. The lowest BCUT2D eigenvalue weighted by atomic mass is 9.68. The molecular formula is C25H30N2O2. The number of hydrogen-bond donors (Lipinski definition) is 1. The Bertz CT molecular complexity index is 907. The molecule has 1 amide bonds. The minimum atomic E-state index is -0.539. The summed E-state index contributed by atoms with van der Waals surface area (Å²) in [6.07, 6.45) is 5.86. The van der Waals surface area contributed by atoms with Gasteiger partial charge in [-0.15, -0.1) is 0 Å². The van der Waals surface area contributed by atoms with Gasteiger partial charge in [-0.3, -0.25) is 4.79 Å². The van der Waals surface area contributed by atoms with Crippen LogP contribution in [0.1, 0.15) is 69.1 Å². The second-order valence-electron chi connectivity index (χ2n) is 8.12. The Morgan fingerprint density at radius 3 is 2.62 bits per heavy atom. The molecule has 2 aromatic rings. The molecule has 0 heterocycles. The van der Waals surface area contributed by atoms with E-state index in [0.717, 1.165) is 49.7 Å². The van der Waals surface area contributed by atoms with Crippen molar-refractivity contribution < 1.29 is 9.53 Å². The average Bonchev–Trinajstić information content (AvgIpc) is 2.75. The van der Waals surface area contributed by atoms with Gasteiger partial charge in [0.05, 0.1) is 22.8 Å². The van der Waals surface area contributed by atoms with Gasteiger partial charge in [-0.25, -0.2) is 0 Å². The van der Waals surface area contributed by atoms with Gasteiger partial charge >= 0.3 is 0 Å². The van der Waals surface area contributed by atoms with Crippen molar-refractivity contribution in [3.05, 3.63) is 59.2 Å². The highest BCUT2D eigenvalue weighted by Crippen LogP contribution is 2.41. The number of ether oxygens (including phenoxy) is 1. The number of carbonyl (C=O) groups excluding carboxylic acids is 1. The van der Waals surface area contributed by atoms with E-state index < -0.39 is 5.41 Å². The van der Waals surface area contributed by atoms with Crippen molar-refractivity contribution in [2.45, 2.75) is 70.8 Å². The van der Waals surface area contributed by atoms with E-state index in [9.17, 15) is 10.1 Å². The van der Waals surface area contributed by atoms with Crippen molar-refractivity contribution in [2.24, 2.45) is 0 Å². The van der Waals surface area contributed by atoms with Gasteiger partial charge < -0.3 is 10.1 Å². The van der Waals surface area contributed by atoms with E-state index in [1.807, 2.05) is 19.1 Å². The minimum absolute atomic E-state index is 0.0186. The van der Waals surface area contributed by atoms with Crippen LogP contribution in [0.5, 0.6) is 5.75 Å². The Kier molecular flexibility index (Phi) is 6.59. The van der Waals surface area contributed by atoms with E-state index in [4.69, 9.17) is 4.74 Å². The van der Waals surface area contributed by atoms with Crippen LogP contribution < -0.4 is 10.1 Å². The Balaban J connectivity index is 1.89. The highest BCUT2D eigenvalue weighted by molar-refractivity contribution is 6.00. The third-order valence-electron chi connectivity index (χ3n) is 5.98. The summed E-state index contributed by atoms with van der Waals surface area (Å²) in [5.74, 6) is 0.634. The lowest BCUT2D eigenvalue weighted by Crippen LogP contribution is -2.42. The largest absolute Gasteiger partial charge is 0.491 e. The fraction of sp³-hybridized carbons (Fsp3) is 0.440. The number of nitrogens with one attached hydrogen (secondary N) is 1. The van der Waals surface area contributed by atoms with Crippen LogP contribution in [0.2, 0.25) is 0 Å². The summed E-state index contributed by atoms with van der Waals surface area (Å²) in [7, 11) is 0. The molecule has 0 saturated heterocycles. The summed E-state index contributed by atoms with van der Waals surface area (Å²) in [6, 6.07) is 15.8. The average molecular weight is 391 g/mol. The first kappa shape index (κ1) is 20.9. The quantitative estimate of drug-likeness (QED) is 0.669. The van der Waals surface area contributed by atoms with Gasteiger partial charge in [-0.1, -0.05) is 56.0 Å². The van der Waals surface area contributed by atoms with E-state index in [1.54, 1.807) is 12.1 Å². The van der Waals surface area contributed by atoms with Crippen LogP contribution in [0.25, 0.3) is 0 Å². The molecule has 0 radical (unpaired) electrons. The van der Waals surface area contributed by atoms with Gasteiger partial charge in [-0.05, 0) is 50.8 Å². The number of nitrogens with zero attached hydrogens (tertiary/aromatic N) is 1. The summed E-state index contributed by atoms with van der Waals surface area (Å²) in [5.41, 5.74) is 2.67. The third-order valence-corrected chi connectivity index (χ3v) is 5.98. The molecule has 1 saturated carbocycles. The van der Waals surface area contributed by atoms with E-state index in [1.165, 1.54) is 0 Å². The third kappa shape index (κ3) is 4.62. The van der Waals surface area contributed by atoms with Gasteiger partial charge in [0.2, 0.25) is 5.91 Å². The fourth-order valence-corrected chi connectivity index (χ4v) is 4.10. The van der Waals surface area contributed by atoms with Crippen LogP contribution in [0.4, 0.5) is 5.69 Å². The maximum Gasteiger partial charge on any atom is 0.235 e. The zero-order chi connectivity index (χ0) is 20.9. The first-order valence-corrected chi connectivity index (χ1v) is 10.6. The highest BCUT2D eigenvalue weighted by atomic mass is 16.5. The van der Waals surface area contributed by atoms with Crippen molar-refractivity contribution in [3.8, 4) is 11.8 Å². The van der Waals surface area contributed by atoms with E-state index in [2.05, 4.69) is 43.4 Å². The number of rotatable bonds is 6. The van der Waals surface area contributed by atoms with Gasteiger partial charge in [0.15, 0.2) is 0 Å². The number of hydrogen-bond acceptors (Lipinski definition) is 3. The molecule has 4 nitrogen and oxygen atoms in total. The lowest BCUT2D eigenvalue weighted by molar-refractivity contribution is -0.122. The van der Waals surface area contributed by atoms with Gasteiger partial charge in [-0.2, -0.15) is 5.26 Å². The molecule has 1 fully saturated rings. The topological polar surface area (TPSA) is 62.1 Å². The molecule has 1 N–H and O–H groups in total. The number of benzene rings is 2. The molecule has 1 atom stereocenters. The fourth-order valence-electron chi connectivity index (χ4n) is 4.10. The maximum atomic E-state index is 13.5. The first-order chi connectivity index (χ1) is 14.0. The van der Waals surface area contributed by atoms with E-state index >= 15 is 0 Å². The van der Waals surface area contributed by atoms with Crippen molar-refractivity contribution in [1.29, 1.82) is 5.26 Å². The summed E-state index contributed by atoms with van der Waals surface area (Å²) in [6.45, 7) is 6.11. The monoisotopic (exact) mass is 390 g/mol. The predicted octanol–water partition coefficient (Wildman–Crippen LogP) is 5.88. The zero-order valence-corrected chi connectivity index (χ0v) is 17.6. The molecule has 0 aliphatic heterocycles. The standard InChI is InChI=1S/C25H30N2O2/c1-4-19(3)29-22-11-12-23(20(16-22)17-26)27-24(28)25(13-6-5-7-14-25)21-10-8-9-18(2)15-21/h8-12,15-16,19H,4-7,13-14H2,1-3H3,(H,27,28)/t19-/m1/s1. The maximum absolute atomic E-state index is 13.5. The molecule has 1 aliphatic rings. The van der Waals surface area contributed by atoms with Crippen molar-refractivity contribution in [3.63, 3.8) is 0 Å². The molecule has 4 heteroatoms. The molecular weight excluding hydrogens is 360 g/mol. The lowest BCUT2D eigenvalue weighted by Gasteiger charge is -2.36. The predicted molar refractivity (Wildman–Crippen MR) is 116 cm³/mol. The molecule has 3 rings (SSSR count). The van der Waals surface area contributed by atoms with Crippen LogP contribution in [0.3, 0.4) is 0 Å². The second-order valence-corrected chi connectivity index (χ2v) is 8.12. The smallest absolute Gasteiger partial charge is 0.235 e. The SMILES string of the molecule is CC[C@@H](C)Oc1ccc(NC(=O)C2(c3cccc(C)c3)CCCCC2)c(C#N)c1. The van der Waals surface area contributed by atoms with E-state index in [-0.39, 0.29) is 12.0 Å². The summed E-state index contributed by atoms with van der Waals surface area (Å²) < 4.78 is 5.82. The molecule has 0 bridgehead atoms. The minimum Gasteiger partial charge on any atom is -0.491 e. The summed E-state index contributed by atoms with van der Waals surface area (Å²) >= 11 is 0. The van der Waals surface area contributed by atoms with Crippen LogP contribution >= 0.6 is 0 Å². The van der Waals surface area contributed by atoms with Crippen LogP contribution in [0.15, 0.2) is 42.5 Å². The molecule has 0 spiro atoms. The normalized spacial score (nSPS) is 16.5. The van der Waals surface area contributed by atoms with Crippen molar-refractivity contribution >= 4 is 11.6 Å². The summed E-state index contributed by atoms with van der Waals surface area (Å²) in [4.78, 5) is 13.5. The van der Waals surface area contributed by atoms with Crippen molar-refractivity contribution in [2.75, 3.05) is 5.32 Å². The zero-order valence-electron chi connectivity index (χ0n) is 17.6. The molecule has 0 aromatic heterocycles. The number of nitriles is 1. The Morgan fingerprint density at radius 1 is 1.21 bits per heavy atom. The Labute approximate surface area is 173 Å². The van der Waals surface area contributed by atoms with Crippen molar-refractivity contribution in [1.82, 2.24) is 0 Å². The van der Waals surface area contributed by atoms with Crippen LogP contribution in [-0.4, -0.2) is 12.0 Å².